The summed E-state index contributed by atoms with van der Waals surface area (Å²) >= 11 is 6.70. The molecule has 204 valence electrons. The van der Waals surface area contributed by atoms with Gasteiger partial charge in [0.05, 0.1) is 35.0 Å². The molecule has 2 aromatic carbocycles. The first kappa shape index (κ1) is 27.2. The van der Waals surface area contributed by atoms with E-state index in [0.29, 0.717) is 56.5 Å². The molecule has 0 spiro atoms. The number of rotatable bonds is 8. The number of methoxy groups -OCH3 is 1. The number of nitrogens with zero attached hydrogens (tertiary/aromatic N) is 6. The molecule has 0 saturated heterocycles. The van der Waals surface area contributed by atoms with Crippen molar-refractivity contribution in [3.8, 4) is 18.0 Å². The molecule has 1 atom stereocenters. The molecule has 1 fully saturated rings. The Balaban J connectivity index is 1.67. The third-order valence-corrected chi connectivity index (χ3v) is 7.48. The number of pyridine rings is 1. The number of hydrogen-bond acceptors (Lipinski definition) is 8. The van der Waals surface area contributed by atoms with E-state index in [1.54, 1.807) is 13.2 Å². The van der Waals surface area contributed by atoms with Crippen molar-refractivity contribution in [3.05, 3.63) is 70.0 Å². The molecule has 1 saturated carbocycles. The van der Waals surface area contributed by atoms with E-state index in [1.165, 1.54) is 6.20 Å². The SMILES string of the molecule is COc1c([C@@H](Nc2cc(C#N)c3ncc(C#N)c(NCC(C)(C)C)c3c2)c2ccccc2Cl)nnn1C1(C)CC1. The summed E-state index contributed by atoms with van der Waals surface area (Å²) in [7, 11) is 1.61. The Morgan fingerprint density at radius 2 is 1.88 bits per heavy atom. The first-order chi connectivity index (χ1) is 19.1. The van der Waals surface area contributed by atoms with Crippen molar-refractivity contribution in [2.45, 2.75) is 52.1 Å². The van der Waals surface area contributed by atoms with Gasteiger partial charge in [-0.2, -0.15) is 10.5 Å². The first-order valence-corrected chi connectivity index (χ1v) is 13.5. The lowest BCUT2D eigenvalue weighted by Gasteiger charge is -2.23. The van der Waals surface area contributed by atoms with Gasteiger partial charge in [0.25, 0.3) is 0 Å². The summed E-state index contributed by atoms with van der Waals surface area (Å²) in [6.45, 7) is 9.09. The second-order valence-electron chi connectivity index (χ2n) is 11.6. The number of benzene rings is 2. The summed E-state index contributed by atoms with van der Waals surface area (Å²) in [5.74, 6) is 0.555. The molecule has 10 heteroatoms. The summed E-state index contributed by atoms with van der Waals surface area (Å²) < 4.78 is 7.68. The van der Waals surface area contributed by atoms with E-state index in [2.05, 4.69) is 65.8 Å². The third-order valence-electron chi connectivity index (χ3n) is 7.14. The maximum atomic E-state index is 10.1. The lowest BCUT2D eigenvalue weighted by atomic mass is 9.96. The monoisotopic (exact) mass is 554 g/mol. The Morgan fingerprint density at radius 3 is 2.50 bits per heavy atom. The molecule has 1 aliphatic carbocycles. The lowest BCUT2D eigenvalue weighted by Crippen LogP contribution is -2.20. The Morgan fingerprint density at radius 1 is 1.15 bits per heavy atom. The van der Waals surface area contributed by atoms with Crippen molar-refractivity contribution >= 4 is 33.9 Å². The van der Waals surface area contributed by atoms with Gasteiger partial charge in [-0.05, 0) is 48.9 Å². The fourth-order valence-electron chi connectivity index (χ4n) is 4.67. The van der Waals surface area contributed by atoms with E-state index in [1.807, 2.05) is 35.0 Å². The van der Waals surface area contributed by atoms with Crippen LogP contribution in [-0.4, -0.2) is 33.6 Å². The van der Waals surface area contributed by atoms with Crippen LogP contribution in [0, 0.1) is 28.1 Å². The van der Waals surface area contributed by atoms with Gasteiger partial charge in [0, 0.05) is 28.8 Å². The predicted molar refractivity (Wildman–Crippen MR) is 155 cm³/mol. The zero-order valence-electron chi connectivity index (χ0n) is 23.2. The van der Waals surface area contributed by atoms with Crippen molar-refractivity contribution in [1.82, 2.24) is 20.0 Å². The van der Waals surface area contributed by atoms with Gasteiger partial charge >= 0.3 is 0 Å². The number of hydrogen-bond donors (Lipinski definition) is 2. The quantitative estimate of drug-likeness (QED) is 0.256. The number of halogens is 1. The molecule has 2 N–H and O–H groups in total. The Kier molecular flexibility index (Phi) is 7.03. The van der Waals surface area contributed by atoms with Crippen LogP contribution in [-0.2, 0) is 5.54 Å². The van der Waals surface area contributed by atoms with Crippen LogP contribution in [0.4, 0.5) is 11.4 Å². The van der Waals surface area contributed by atoms with Crippen LogP contribution in [0.5, 0.6) is 5.88 Å². The topological polar surface area (TPSA) is 124 Å². The number of fused-ring (bicyclic) bond motifs is 1. The average molecular weight is 555 g/mol. The molecule has 0 amide bonds. The first-order valence-electron chi connectivity index (χ1n) is 13.1. The largest absolute Gasteiger partial charge is 0.480 e. The van der Waals surface area contributed by atoms with Crippen molar-refractivity contribution < 1.29 is 4.74 Å². The fraction of sp³-hybridized carbons (Fsp3) is 0.367. The maximum absolute atomic E-state index is 10.1. The minimum absolute atomic E-state index is 0.0357. The van der Waals surface area contributed by atoms with Crippen LogP contribution < -0.4 is 15.4 Å². The van der Waals surface area contributed by atoms with Gasteiger partial charge in [0.15, 0.2) is 5.69 Å². The highest BCUT2D eigenvalue weighted by molar-refractivity contribution is 6.31. The smallest absolute Gasteiger partial charge is 0.238 e. The van der Waals surface area contributed by atoms with Crippen LogP contribution in [0.15, 0.2) is 42.6 Å². The summed E-state index contributed by atoms with van der Waals surface area (Å²) in [6.07, 6.45) is 3.49. The van der Waals surface area contributed by atoms with Crippen LogP contribution in [0.2, 0.25) is 5.02 Å². The highest BCUT2D eigenvalue weighted by atomic mass is 35.5. The number of anilines is 2. The van der Waals surface area contributed by atoms with Gasteiger partial charge in [-0.3, -0.25) is 4.98 Å². The Bertz CT molecular complexity index is 1670. The summed E-state index contributed by atoms with van der Waals surface area (Å²) in [5, 5.41) is 37.1. The van der Waals surface area contributed by atoms with E-state index in [-0.39, 0.29) is 11.0 Å². The predicted octanol–water partition coefficient (Wildman–Crippen LogP) is 6.40. The van der Waals surface area contributed by atoms with Crippen LogP contribution in [0.1, 0.15) is 69.0 Å². The summed E-state index contributed by atoms with van der Waals surface area (Å²) in [4.78, 5) is 4.46. The second-order valence-corrected chi connectivity index (χ2v) is 12.0. The number of ether oxygens (including phenoxy) is 1. The minimum Gasteiger partial charge on any atom is -0.480 e. The van der Waals surface area contributed by atoms with Crippen molar-refractivity contribution in [1.29, 1.82) is 10.5 Å². The maximum Gasteiger partial charge on any atom is 0.238 e. The van der Waals surface area contributed by atoms with Crippen molar-refractivity contribution in [2.75, 3.05) is 24.3 Å². The summed E-state index contributed by atoms with van der Waals surface area (Å²) in [5.41, 5.74) is 3.77. The molecule has 0 bridgehead atoms. The molecule has 0 unspecified atom stereocenters. The molecule has 1 aliphatic rings. The Hall–Kier alpha value is -4.34. The van der Waals surface area contributed by atoms with E-state index in [9.17, 15) is 10.5 Å². The van der Waals surface area contributed by atoms with Crippen LogP contribution >= 0.6 is 11.6 Å². The van der Waals surface area contributed by atoms with E-state index >= 15 is 0 Å². The standard InChI is InChI=1S/C30H31ClN8O/c1-29(2,3)17-35-25-19(15-33)16-34-24-18(14-32)12-20(13-22(24)25)36-26(21-8-6-7-9-23(21)31)27-28(40-5)39(38-37-27)30(4)10-11-30/h6-9,12-13,16,26,36H,10-11,17H2,1-5H3,(H,34,35)/t26-/m0/s1. The zero-order valence-corrected chi connectivity index (χ0v) is 24.0. The molecular weight excluding hydrogens is 524 g/mol. The van der Waals surface area contributed by atoms with Crippen LogP contribution in [0.3, 0.4) is 0 Å². The second kappa shape index (κ2) is 10.3. The van der Waals surface area contributed by atoms with Crippen molar-refractivity contribution in [2.24, 2.45) is 5.41 Å². The molecular formula is C30H31ClN8O. The highest BCUT2D eigenvalue weighted by Crippen LogP contribution is 2.46. The van der Waals surface area contributed by atoms with Gasteiger partial charge in [0.2, 0.25) is 5.88 Å². The lowest BCUT2D eigenvalue weighted by molar-refractivity contribution is 0.324. The van der Waals surface area contributed by atoms with Gasteiger partial charge in [0.1, 0.15) is 18.2 Å². The number of nitriles is 2. The number of aromatic nitrogens is 4. The van der Waals surface area contributed by atoms with Crippen LogP contribution in [0.25, 0.3) is 10.9 Å². The average Bonchev–Trinajstić information content (AvgIpc) is 3.52. The van der Waals surface area contributed by atoms with E-state index in [0.717, 1.165) is 18.4 Å². The molecule has 0 aliphatic heterocycles. The molecule has 5 rings (SSSR count). The third kappa shape index (κ3) is 5.13. The Labute approximate surface area is 238 Å². The molecule has 4 aromatic rings. The van der Waals surface area contributed by atoms with Gasteiger partial charge in [-0.25, -0.2) is 4.68 Å². The van der Waals surface area contributed by atoms with E-state index in [4.69, 9.17) is 16.3 Å². The molecule has 9 nitrogen and oxygen atoms in total. The van der Waals surface area contributed by atoms with Crippen molar-refractivity contribution in [3.63, 3.8) is 0 Å². The van der Waals surface area contributed by atoms with Gasteiger partial charge in [-0.1, -0.05) is 55.8 Å². The molecule has 2 heterocycles. The molecule has 2 aromatic heterocycles. The zero-order chi connectivity index (χ0) is 28.7. The van der Waals surface area contributed by atoms with Gasteiger partial charge in [-0.15, -0.1) is 5.10 Å². The minimum atomic E-state index is -0.540. The molecule has 0 radical (unpaired) electrons. The summed E-state index contributed by atoms with van der Waals surface area (Å²) in [6, 6.07) is 15.1. The van der Waals surface area contributed by atoms with Gasteiger partial charge < -0.3 is 15.4 Å². The van der Waals surface area contributed by atoms with E-state index < -0.39 is 6.04 Å². The molecule has 40 heavy (non-hydrogen) atoms. The highest BCUT2D eigenvalue weighted by Gasteiger charge is 2.44. The number of nitrogens with one attached hydrogen (secondary N) is 2. The normalized spacial score (nSPS) is 14.7. The fourth-order valence-corrected chi connectivity index (χ4v) is 4.92.